The van der Waals surface area contributed by atoms with Crippen molar-refractivity contribution in [1.82, 2.24) is 4.90 Å². The molecule has 5 nitrogen and oxygen atoms in total. The molecule has 164 valence electrons. The standard InChI is InChI=1S/C27H27NO4/c1-19(2)25-27(21-14-8-4-9-15-21,22-16-10-5-11-17-22)32-26(31)28(25)24(30)18-23(29)20-12-6-3-7-13-20/h3-17,19,23,25,29H,18H2,1-2H3/t23-,25+/m1/s1. The highest BCUT2D eigenvalue weighted by atomic mass is 16.6. The van der Waals surface area contributed by atoms with Crippen LogP contribution in [0.4, 0.5) is 4.79 Å². The molecule has 1 aliphatic rings. The van der Waals surface area contributed by atoms with Crippen LogP contribution in [0.15, 0.2) is 91.0 Å². The molecule has 0 bridgehead atoms. The quantitative estimate of drug-likeness (QED) is 0.595. The van der Waals surface area contributed by atoms with Crippen molar-refractivity contribution in [2.45, 2.75) is 38.0 Å². The number of rotatable bonds is 6. The number of carbonyl (C=O) groups is 2. The molecule has 0 unspecified atom stereocenters. The van der Waals surface area contributed by atoms with Gasteiger partial charge in [-0.2, -0.15) is 0 Å². The lowest BCUT2D eigenvalue weighted by Gasteiger charge is -2.37. The van der Waals surface area contributed by atoms with Crippen LogP contribution >= 0.6 is 0 Å². The number of imide groups is 1. The van der Waals surface area contributed by atoms with Gasteiger partial charge in [-0.25, -0.2) is 9.69 Å². The summed E-state index contributed by atoms with van der Waals surface area (Å²) in [5, 5.41) is 10.6. The molecule has 1 heterocycles. The maximum Gasteiger partial charge on any atom is 0.418 e. The van der Waals surface area contributed by atoms with E-state index in [-0.39, 0.29) is 12.3 Å². The van der Waals surface area contributed by atoms with Gasteiger partial charge < -0.3 is 9.84 Å². The Bertz CT molecular complexity index is 1030. The average Bonchev–Trinajstić information content (AvgIpc) is 3.15. The first kappa shape index (κ1) is 21.8. The van der Waals surface area contributed by atoms with Gasteiger partial charge in [0, 0.05) is 11.1 Å². The van der Waals surface area contributed by atoms with Crippen LogP contribution in [-0.2, 0) is 15.1 Å². The number of hydrogen-bond acceptors (Lipinski definition) is 4. The van der Waals surface area contributed by atoms with E-state index in [1.54, 1.807) is 24.3 Å². The fourth-order valence-electron chi connectivity index (χ4n) is 4.62. The first-order valence-corrected chi connectivity index (χ1v) is 10.8. The third kappa shape index (κ3) is 3.80. The smallest absolute Gasteiger partial charge is 0.418 e. The Kier molecular flexibility index (Phi) is 6.10. The number of aliphatic hydroxyl groups excluding tert-OH is 1. The molecule has 32 heavy (non-hydrogen) atoms. The van der Waals surface area contributed by atoms with Gasteiger partial charge in [0.25, 0.3) is 0 Å². The summed E-state index contributed by atoms with van der Waals surface area (Å²) in [6, 6.07) is 27.5. The number of nitrogens with zero attached hydrogens (tertiary/aromatic N) is 1. The van der Waals surface area contributed by atoms with Crippen molar-refractivity contribution < 1.29 is 19.4 Å². The minimum absolute atomic E-state index is 0.0975. The van der Waals surface area contributed by atoms with Crippen LogP contribution in [0.2, 0.25) is 0 Å². The Morgan fingerprint density at radius 3 is 1.84 bits per heavy atom. The van der Waals surface area contributed by atoms with Crippen LogP contribution < -0.4 is 0 Å². The highest BCUT2D eigenvalue weighted by Gasteiger charge is 2.59. The molecular weight excluding hydrogens is 402 g/mol. The molecule has 1 fully saturated rings. The second-order valence-corrected chi connectivity index (χ2v) is 8.42. The lowest BCUT2D eigenvalue weighted by molar-refractivity contribution is -0.132. The molecule has 1 saturated heterocycles. The van der Waals surface area contributed by atoms with Crippen LogP contribution in [0.25, 0.3) is 0 Å². The summed E-state index contributed by atoms with van der Waals surface area (Å²) in [5.74, 6) is -0.557. The van der Waals surface area contributed by atoms with Gasteiger partial charge in [-0.1, -0.05) is 105 Å². The fraction of sp³-hybridized carbons (Fsp3) is 0.259. The van der Waals surface area contributed by atoms with Crippen LogP contribution in [0, 0.1) is 5.92 Å². The zero-order chi connectivity index (χ0) is 22.7. The van der Waals surface area contributed by atoms with Gasteiger partial charge in [0.15, 0.2) is 5.60 Å². The van der Waals surface area contributed by atoms with Gasteiger partial charge in [0.2, 0.25) is 5.91 Å². The van der Waals surface area contributed by atoms with Crippen LogP contribution in [0.1, 0.15) is 43.1 Å². The van der Waals surface area contributed by atoms with Gasteiger partial charge in [-0.15, -0.1) is 0 Å². The summed E-state index contributed by atoms with van der Waals surface area (Å²) in [6.45, 7) is 3.95. The predicted octanol–water partition coefficient (Wildman–Crippen LogP) is 5.06. The molecule has 2 atom stereocenters. The molecule has 4 rings (SSSR count). The van der Waals surface area contributed by atoms with Crippen molar-refractivity contribution in [1.29, 1.82) is 0 Å². The molecular formula is C27H27NO4. The van der Waals surface area contributed by atoms with Crippen molar-refractivity contribution >= 4 is 12.0 Å². The van der Waals surface area contributed by atoms with Gasteiger partial charge >= 0.3 is 6.09 Å². The number of benzene rings is 3. The number of aliphatic hydroxyl groups is 1. The summed E-state index contributed by atoms with van der Waals surface area (Å²) in [7, 11) is 0. The van der Waals surface area contributed by atoms with E-state index in [9.17, 15) is 14.7 Å². The molecule has 0 spiro atoms. The summed E-state index contributed by atoms with van der Waals surface area (Å²) in [4.78, 5) is 27.8. The summed E-state index contributed by atoms with van der Waals surface area (Å²) in [6.07, 6.45) is -1.91. The Morgan fingerprint density at radius 2 is 1.38 bits per heavy atom. The molecule has 2 amide bonds. The highest BCUT2D eigenvalue weighted by molar-refractivity contribution is 5.95. The second kappa shape index (κ2) is 8.97. The van der Waals surface area contributed by atoms with Gasteiger partial charge in [0.05, 0.1) is 18.6 Å². The maximum absolute atomic E-state index is 13.4. The Balaban J connectivity index is 1.77. The van der Waals surface area contributed by atoms with Crippen molar-refractivity contribution in [3.05, 3.63) is 108 Å². The van der Waals surface area contributed by atoms with E-state index in [1.807, 2.05) is 80.6 Å². The minimum atomic E-state index is -1.14. The Hall–Kier alpha value is -3.44. The molecule has 0 radical (unpaired) electrons. The SMILES string of the molecule is CC(C)[C@@H]1N(C(=O)C[C@@H](O)c2ccccc2)C(=O)OC1(c1ccccc1)c1ccccc1. The van der Waals surface area contributed by atoms with Gasteiger partial charge in [0.1, 0.15) is 0 Å². The van der Waals surface area contributed by atoms with Crippen LogP contribution in [-0.4, -0.2) is 28.0 Å². The fourth-order valence-corrected chi connectivity index (χ4v) is 4.62. The second-order valence-electron chi connectivity index (χ2n) is 8.42. The van der Waals surface area contributed by atoms with Crippen LogP contribution in [0.3, 0.4) is 0 Å². The molecule has 0 aromatic heterocycles. The molecule has 1 N–H and O–H groups in total. The van der Waals surface area contributed by atoms with Gasteiger partial charge in [-0.3, -0.25) is 4.79 Å². The Labute approximate surface area is 188 Å². The van der Waals surface area contributed by atoms with Crippen LogP contribution in [0.5, 0.6) is 0 Å². The third-order valence-corrected chi connectivity index (χ3v) is 6.00. The summed E-state index contributed by atoms with van der Waals surface area (Å²) in [5.41, 5.74) is 1.10. The minimum Gasteiger partial charge on any atom is -0.430 e. The van der Waals surface area contributed by atoms with E-state index in [0.29, 0.717) is 5.56 Å². The van der Waals surface area contributed by atoms with Crippen molar-refractivity contribution in [2.24, 2.45) is 5.92 Å². The zero-order valence-corrected chi connectivity index (χ0v) is 18.2. The van der Waals surface area contributed by atoms with Crippen molar-refractivity contribution in [3.8, 4) is 0 Å². The number of hydrogen-bond donors (Lipinski definition) is 1. The molecule has 0 aliphatic carbocycles. The largest absolute Gasteiger partial charge is 0.430 e. The average molecular weight is 430 g/mol. The number of ether oxygens (including phenoxy) is 1. The maximum atomic E-state index is 13.4. The topological polar surface area (TPSA) is 66.8 Å². The third-order valence-electron chi connectivity index (χ3n) is 6.00. The predicted molar refractivity (Wildman–Crippen MR) is 122 cm³/mol. The van der Waals surface area contributed by atoms with E-state index >= 15 is 0 Å². The molecule has 5 heteroatoms. The first-order valence-electron chi connectivity index (χ1n) is 10.8. The summed E-state index contributed by atoms with van der Waals surface area (Å²) >= 11 is 0. The van der Waals surface area contributed by atoms with E-state index in [0.717, 1.165) is 11.1 Å². The molecule has 0 saturated carbocycles. The summed E-state index contributed by atoms with van der Waals surface area (Å²) < 4.78 is 6.10. The zero-order valence-electron chi connectivity index (χ0n) is 18.2. The van der Waals surface area contributed by atoms with Gasteiger partial charge in [-0.05, 0) is 11.5 Å². The lowest BCUT2D eigenvalue weighted by Crippen LogP contribution is -2.50. The first-order chi connectivity index (χ1) is 15.4. The molecule has 3 aromatic carbocycles. The van der Waals surface area contributed by atoms with Crippen molar-refractivity contribution in [2.75, 3.05) is 0 Å². The number of amides is 2. The monoisotopic (exact) mass is 429 g/mol. The number of cyclic esters (lactones) is 1. The van der Waals surface area contributed by atoms with E-state index in [2.05, 4.69) is 0 Å². The van der Waals surface area contributed by atoms with E-state index < -0.39 is 29.7 Å². The Morgan fingerprint density at radius 1 is 0.906 bits per heavy atom. The highest BCUT2D eigenvalue weighted by Crippen LogP contribution is 2.47. The van der Waals surface area contributed by atoms with Crippen molar-refractivity contribution in [3.63, 3.8) is 0 Å². The normalized spacial score (nSPS) is 18.4. The number of carbonyl (C=O) groups excluding carboxylic acids is 2. The lowest BCUT2D eigenvalue weighted by atomic mass is 9.75. The molecule has 1 aliphatic heterocycles. The van der Waals surface area contributed by atoms with E-state index in [4.69, 9.17) is 4.74 Å². The molecule has 3 aromatic rings. The van der Waals surface area contributed by atoms with E-state index in [1.165, 1.54) is 4.90 Å².